The minimum atomic E-state index is -3.47. The molecule has 9 heteroatoms. The highest BCUT2D eigenvalue weighted by molar-refractivity contribution is 7.91. The summed E-state index contributed by atoms with van der Waals surface area (Å²) in [6.07, 6.45) is 0.173. The summed E-state index contributed by atoms with van der Waals surface area (Å²) in [5, 5.41) is 10.6. The Balaban J connectivity index is 1.51. The zero-order chi connectivity index (χ0) is 19.3. The SMILES string of the molecule is O=C(CCCS(=O)(=O)c1ccc(Cl)cc1)Nc1nnc(-c2ccccc2)o1. The molecule has 0 spiro atoms. The first-order valence-electron chi connectivity index (χ1n) is 8.11. The van der Waals surface area contributed by atoms with E-state index >= 15 is 0 Å². The van der Waals surface area contributed by atoms with Gasteiger partial charge in [0.25, 0.3) is 0 Å². The van der Waals surface area contributed by atoms with Gasteiger partial charge in [0, 0.05) is 17.0 Å². The third kappa shape index (κ3) is 5.15. The van der Waals surface area contributed by atoms with Gasteiger partial charge in [-0.2, -0.15) is 0 Å². The van der Waals surface area contributed by atoms with Crippen molar-refractivity contribution in [3.05, 3.63) is 59.6 Å². The van der Waals surface area contributed by atoms with E-state index in [-0.39, 0.29) is 35.4 Å². The Hall–Kier alpha value is -2.71. The molecule has 1 heterocycles. The third-order valence-corrected chi connectivity index (χ3v) is 5.75. The molecule has 0 fully saturated rings. The Morgan fingerprint density at radius 2 is 1.74 bits per heavy atom. The lowest BCUT2D eigenvalue weighted by Gasteiger charge is -2.04. The molecule has 0 saturated carbocycles. The fourth-order valence-electron chi connectivity index (χ4n) is 2.34. The average molecular weight is 406 g/mol. The smallest absolute Gasteiger partial charge is 0.322 e. The number of amides is 1. The van der Waals surface area contributed by atoms with Gasteiger partial charge in [0.05, 0.1) is 10.6 Å². The van der Waals surface area contributed by atoms with Crippen LogP contribution in [0.4, 0.5) is 6.01 Å². The maximum atomic E-state index is 12.2. The molecular formula is C18H16ClN3O4S. The molecule has 1 N–H and O–H groups in total. The normalized spacial score (nSPS) is 11.3. The second-order valence-corrected chi connectivity index (χ2v) is 8.25. The molecule has 0 aliphatic rings. The van der Waals surface area contributed by atoms with Crippen LogP contribution in [-0.4, -0.2) is 30.3 Å². The zero-order valence-electron chi connectivity index (χ0n) is 14.1. The van der Waals surface area contributed by atoms with Crippen molar-refractivity contribution in [1.82, 2.24) is 10.2 Å². The molecule has 0 saturated heterocycles. The number of carbonyl (C=O) groups excluding carboxylic acids is 1. The molecule has 3 aromatic rings. The molecule has 7 nitrogen and oxygen atoms in total. The van der Waals surface area contributed by atoms with E-state index in [2.05, 4.69) is 15.5 Å². The predicted molar refractivity (Wildman–Crippen MR) is 101 cm³/mol. The van der Waals surface area contributed by atoms with Gasteiger partial charge in [-0.25, -0.2) is 8.42 Å². The second-order valence-electron chi connectivity index (χ2n) is 5.70. The van der Waals surface area contributed by atoms with E-state index in [4.69, 9.17) is 16.0 Å². The van der Waals surface area contributed by atoms with E-state index in [9.17, 15) is 13.2 Å². The monoisotopic (exact) mass is 405 g/mol. The van der Waals surface area contributed by atoms with Crippen LogP contribution in [0, 0.1) is 0 Å². The molecule has 0 bridgehead atoms. The molecule has 0 radical (unpaired) electrons. The minimum absolute atomic E-state index is 0.00979. The number of nitrogens with zero attached hydrogens (tertiary/aromatic N) is 2. The van der Waals surface area contributed by atoms with Crippen molar-refractivity contribution in [2.45, 2.75) is 17.7 Å². The van der Waals surface area contributed by atoms with Crippen molar-refractivity contribution < 1.29 is 17.6 Å². The van der Waals surface area contributed by atoms with Gasteiger partial charge in [-0.05, 0) is 42.8 Å². The van der Waals surface area contributed by atoms with Crippen LogP contribution in [0.5, 0.6) is 0 Å². The molecule has 27 heavy (non-hydrogen) atoms. The van der Waals surface area contributed by atoms with Gasteiger partial charge >= 0.3 is 6.01 Å². The number of hydrogen-bond acceptors (Lipinski definition) is 6. The van der Waals surface area contributed by atoms with Crippen LogP contribution in [-0.2, 0) is 14.6 Å². The van der Waals surface area contributed by atoms with E-state index in [1.807, 2.05) is 18.2 Å². The number of carbonyl (C=O) groups is 1. The maximum absolute atomic E-state index is 12.2. The van der Waals surface area contributed by atoms with Crippen LogP contribution in [0.2, 0.25) is 5.02 Å². The van der Waals surface area contributed by atoms with Crippen molar-refractivity contribution in [1.29, 1.82) is 0 Å². The number of hydrogen-bond donors (Lipinski definition) is 1. The van der Waals surface area contributed by atoms with Crippen molar-refractivity contribution in [3.63, 3.8) is 0 Å². The number of aromatic nitrogens is 2. The third-order valence-electron chi connectivity index (χ3n) is 3.68. The summed E-state index contributed by atoms with van der Waals surface area (Å²) < 4.78 is 29.8. The number of rotatable bonds is 7. The van der Waals surface area contributed by atoms with Crippen LogP contribution in [0.25, 0.3) is 11.5 Å². The molecule has 3 rings (SSSR count). The first-order valence-corrected chi connectivity index (χ1v) is 10.1. The number of sulfone groups is 1. The largest absolute Gasteiger partial charge is 0.403 e. The molecule has 0 aliphatic heterocycles. The molecule has 140 valence electrons. The topological polar surface area (TPSA) is 102 Å². The van der Waals surface area contributed by atoms with E-state index in [1.165, 1.54) is 24.3 Å². The van der Waals surface area contributed by atoms with Gasteiger partial charge in [-0.1, -0.05) is 34.9 Å². The van der Waals surface area contributed by atoms with E-state index in [0.717, 1.165) is 5.56 Å². The van der Waals surface area contributed by atoms with E-state index in [1.54, 1.807) is 12.1 Å². The Labute approximate surface area is 161 Å². The molecular weight excluding hydrogens is 390 g/mol. The highest BCUT2D eigenvalue weighted by atomic mass is 35.5. The summed E-state index contributed by atoms with van der Waals surface area (Å²) in [7, 11) is -3.47. The standard InChI is InChI=1S/C18H16ClN3O4S/c19-14-8-10-15(11-9-14)27(24,25)12-4-7-16(23)20-18-22-21-17(26-18)13-5-2-1-3-6-13/h1-3,5-6,8-11H,4,7,12H2,(H,20,22,23). The Morgan fingerprint density at radius 3 is 2.44 bits per heavy atom. The Bertz CT molecular complexity index is 1020. The van der Waals surface area contributed by atoms with Gasteiger partial charge in [0.2, 0.25) is 11.8 Å². The summed E-state index contributed by atoms with van der Waals surface area (Å²) in [5.41, 5.74) is 0.736. The lowest BCUT2D eigenvalue weighted by molar-refractivity contribution is -0.116. The van der Waals surface area contributed by atoms with Gasteiger partial charge < -0.3 is 4.42 Å². The molecule has 1 aromatic heterocycles. The van der Waals surface area contributed by atoms with Crippen LogP contribution >= 0.6 is 11.6 Å². The molecule has 1 amide bonds. The highest BCUT2D eigenvalue weighted by Gasteiger charge is 2.16. The summed E-state index contributed by atoms with van der Waals surface area (Å²) in [5.74, 6) is -0.262. The number of halogens is 1. The van der Waals surface area contributed by atoms with Crippen molar-refractivity contribution in [2.75, 3.05) is 11.1 Å². The quantitative estimate of drug-likeness (QED) is 0.644. The molecule has 0 aliphatic carbocycles. The number of benzene rings is 2. The average Bonchev–Trinajstić information content (AvgIpc) is 3.11. The summed E-state index contributed by atoms with van der Waals surface area (Å²) in [6.45, 7) is 0. The lowest BCUT2D eigenvalue weighted by Crippen LogP contribution is -2.14. The summed E-state index contributed by atoms with van der Waals surface area (Å²) in [4.78, 5) is 12.2. The lowest BCUT2D eigenvalue weighted by atomic mass is 10.2. The highest BCUT2D eigenvalue weighted by Crippen LogP contribution is 2.19. The maximum Gasteiger partial charge on any atom is 0.322 e. The van der Waals surface area contributed by atoms with E-state index < -0.39 is 15.7 Å². The van der Waals surface area contributed by atoms with Crippen LogP contribution in [0.1, 0.15) is 12.8 Å². The first-order chi connectivity index (χ1) is 12.9. The second kappa shape index (κ2) is 8.32. The van der Waals surface area contributed by atoms with E-state index in [0.29, 0.717) is 5.02 Å². The van der Waals surface area contributed by atoms with Gasteiger partial charge in [-0.3, -0.25) is 10.1 Å². The molecule has 0 unspecified atom stereocenters. The van der Waals surface area contributed by atoms with Crippen LogP contribution in [0.15, 0.2) is 63.9 Å². The first kappa shape index (κ1) is 19.1. The number of anilines is 1. The summed E-state index contributed by atoms with van der Waals surface area (Å²) in [6, 6.07) is 15.0. The molecule has 2 aromatic carbocycles. The van der Waals surface area contributed by atoms with Gasteiger partial charge in [0.15, 0.2) is 9.84 Å². The predicted octanol–water partition coefficient (Wildman–Crippen LogP) is 3.58. The fourth-order valence-corrected chi connectivity index (χ4v) is 3.77. The Morgan fingerprint density at radius 1 is 1.04 bits per heavy atom. The van der Waals surface area contributed by atoms with Crippen molar-refractivity contribution in [3.8, 4) is 11.5 Å². The Kier molecular flexibility index (Phi) is 5.88. The minimum Gasteiger partial charge on any atom is -0.403 e. The van der Waals surface area contributed by atoms with Gasteiger partial charge in [0.1, 0.15) is 0 Å². The number of nitrogens with one attached hydrogen (secondary N) is 1. The van der Waals surface area contributed by atoms with Crippen molar-refractivity contribution in [2.24, 2.45) is 0 Å². The molecule has 0 atom stereocenters. The summed E-state index contributed by atoms with van der Waals surface area (Å²) >= 11 is 5.76. The van der Waals surface area contributed by atoms with Gasteiger partial charge in [-0.15, -0.1) is 5.10 Å². The fraction of sp³-hybridized carbons (Fsp3) is 0.167. The zero-order valence-corrected chi connectivity index (χ0v) is 15.7. The van der Waals surface area contributed by atoms with Crippen LogP contribution < -0.4 is 5.32 Å². The van der Waals surface area contributed by atoms with Crippen molar-refractivity contribution >= 4 is 33.4 Å². The van der Waals surface area contributed by atoms with Crippen LogP contribution in [0.3, 0.4) is 0 Å².